The van der Waals surface area contributed by atoms with Crippen LogP contribution in [0.3, 0.4) is 0 Å². The lowest BCUT2D eigenvalue weighted by Crippen LogP contribution is -2.38. The molecule has 1 aromatic heterocycles. The molecule has 2 atom stereocenters. The van der Waals surface area contributed by atoms with Crippen LogP contribution in [0.5, 0.6) is 0 Å². The van der Waals surface area contributed by atoms with Crippen molar-refractivity contribution in [3.8, 4) is 11.3 Å². The average Bonchev–Trinajstić information content (AvgIpc) is 3.37. The molecule has 0 radical (unpaired) electrons. The lowest BCUT2D eigenvalue weighted by Gasteiger charge is -2.22. The van der Waals surface area contributed by atoms with E-state index in [4.69, 9.17) is 0 Å². The number of carbonyl (C=O) groups excluding carboxylic acids is 1. The largest absolute Gasteiger partial charge is 0.336 e. The summed E-state index contributed by atoms with van der Waals surface area (Å²) in [5.41, 5.74) is 2.82. The van der Waals surface area contributed by atoms with Crippen LogP contribution in [0.15, 0.2) is 30.3 Å². The van der Waals surface area contributed by atoms with Crippen molar-refractivity contribution in [3.05, 3.63) is 41.6 Å². The van der Waals surface area contributed by atoms with Crippen LogP contribution in [-0.2, 0) is 19.7 Å². The predicted molar refractivity (Wildman–Crippen MR) is 114 cm³/mol. The van der Waals surface area contributed by atoms with Crippen LogP contribution in [-0.4, -0.2) is 73.5 Å². The van der Waals surface area contributed by atoms with Crippen molar-refractivity contribution >= 4 is 25.6 Å². The van der Waals surface area contributed by atoms with Crippen molar-refractivity contribution in [1.29, 1.82) is 0 Å². The van der Waals surface area contributed by atoms with E-state index < -0.39 is 19.7 Å². The van der Waals surface area contributed by atoms with E-state index in [1.165, 1.54) is 4.90 Å². The molecule has 0 bridgehead atoms. The minimum atomic E-state index is -3.13. The number of carbonyl (C=O) groups is 1. The second kappa shape index (κ2) is 7.49. The number of rotatable bonds is 4. The predicted octanol–water partition coefficient (Wildman–Crippen LogP) is 1.48. The van der Waals surface area contributed by atoms with Gasteiger partial charge >= 0.3 is 0 Å². The number of nitrogens with zero attached hydrogens (tertiary/aromatic N) is 3. The van der Waals surface area contributed by atoms with Crippen molar-refractivity contribution in [1.82, 2.24) is 14.7 Å². The zero-order valence-electron chi connectivity index (χ0n) is 17.0. The molecule has 4 rings (SSSR count). The molecule has 1 aromatic carbocycles. The molecule has 8 nitrogen and oxygen atoms in total. The molecular weight excluding hydrogens is 426 g/mol. The molecule has 0 aliphatic carbocycles. The first-order valence-electron chi connectivity index (χ1n) is 9.89. The molecule has 2 fully saturated rings. The van der Waals surface area contributed by atoms with Crippen LogP contribution in [0.4, 0.5) is 0 Å². The summed E-state index contributed by atoms with van der Waals surface area (Å²) in [5.74, 6) is -0.212. The second-order valence-corrected chi connectivity index (χ2v) is 12.7. The van der Waals surface area contributed by atoms with Crippen molar-refractivity contribution in [3.63, 3.8) is 0 Å². The first-order chi connectivity index (χ1) is 14.0. The molecule has 162 valence electrons. The van der Waals surface area contributed by atoms with Gasteiger partial charge in [0, 0.05) is 13.1 Å². The maximum absolute atomic E-state index is 13.1. The Bertz CT molecular complexity index is 1180. The number of benzene rings is 1. The molecule has 0 saturated carbocycles. The van der Waals surface area contributed by atoms with Crippen molar-refractivity contribution in [2.45, 2.75) is 31.8 Å². The van der Waals surface area contributed by atoms with E-state index in [2.05, 4.69) is 5.10 Å². The molecule has 0 spiro atoms. The summed E-state index contributed by atoms with van der Waals surface area (Å²) in [7, 11) is -4.65. The van der Waals surface area contributed by atoms with E-state index in [0.29, 0.717) is 18.5 Å². The SMILES string of the molecule is Cc1ccc(-c2cc(C(=O)N(C)[C@@H]3CCS(=O)(=O)C3)nn2[C@@H]2CCS(=O)(=O)C2)cc1. The fraction of sp³-hybridized carbons (Fsp3) is 0.500. The van der Waals surface area contributed by atoms with Crippen LogP contribution >= 0.6 is 0 Å². The van der Waals surface area contributed by atoms with Crippen molar-refractivity contribution < 1.29 is 21.6 Å². The van der Waals surface area contributed by atoms with E-state index >= 15 is 0 Å². The molecule has 2 aliphatic rings. The molecule has 2 saturated heterocycles. The summed E-state index contributed by atoms with van der Waals surface area (Å²) in [6.07, 6.45) is 0.865. The molecule has 2 aliphatic heterocycles. The number of amides is 1. The van der Waals surface area contributed by atoms with E-state index in [9.17, 15) is 21.6 Å². The Hall–Kier alpha value is -2.20. The zero-order chi connectivity index (χ0) is 21.7. The van der Waals surface area contributed by atoms with E-state index in [0.717, 1.165) is 11.1 Å². The highest BCUT2D eigenvalue weighted by Crippen LogP contribution is 2.31. The summed E-state index contributed by atoms with van der Waals surface area (Å²) >= 11 is 0. The number of hydrogen-bond donors (Lipinski definition) is 0. The maximum Gasteiger partial charge on any atom is 0.274 e. The van der Waals surface area contributed by atoms with Gasteiger partial charge in [0.05, 0.1) is 34.7 Å². The molecule has 2 aromatic rings. The highest BCUT2D eigenvalue weighted by molar-refractivity contribution is 7.91. The Morgan fingerprint density at radius 3 is 2.23 bits per heavy atom. The van der Waals surface area contributed by atoms with Crippen LogP contribution in [0.1, 0.15) is 34.9 Å². The minimum Gasteiger partial charge on any atom is -0.336 e. The quantitative estimate of drug-likeness (QED) is 0.697. The number of aryl methyl sites for hydroxylation is 1. The van der Waals surface area contributed by atoms with Gasteiger partial charge in [-0.25, -0.2) is 16.8 Å². The van der Waals surface area contributed by atoms with Gasteiger partial charge in [0.15, 0.2) is 25.4 Å². The van der Waals surface area contributed by atoms with Gasteiger partial charge in [0.1, 0.15) is 0 Å². The zero-order valence-corrected chi connectivity index (χ0v) is 18.6. The fourth-order valence-electron chi connectivity index (χ4n) is 4.11. The van der Waals surface area contributed by atoms with Gasteiger partial charge in [-0.05, 0) is 31.4 Å². The van der Waals surface area contributed by atoms with Crippen LogP contribution in [0.25, 0.3) is 11.3 Å². The van der Waals surface area contributed by atoms with Crippen LogP contribution in [0, 0.1) is 6.92 Å². The van der Waals surface area contributed by atoms with Crippen LogP contribution in [0.2, 0.25) is 0 Å². The summed E-state index contributed by atoms with van der Waals surface area (Å²) in [6.45, 7) is 1.98. The summed E-state index contributed by atoms with van der Waals surface area (Å²) < 4.78 is 49.3. The number of aromatic nitrogens is 2. The first kappa shape index (κ1) is 21.0. The monoisotopic (exact) mass is 451 g/mol. The van der Waals surface area contributed by atoms with Gasteiger partial charge in [-0.1, -0.05) is 29.8 Å². The van der Waals surface area contributed by atoms with Gasteiger partial charge in [-0.15, -0.1) is 0 Å². The Kier molecular flexibility index (Phi) is 5.26. The fourth-order valence-corrected chi connectivity index (χ4v) is 7.58. The topological polar surface area (TPSA) is 106 Å². The molecule has 10 heteroatoms. The second-order valence-electron chi connectivity index (χ2n) is 8.26. The van der Waals surface area contributed by atoms with E-state index in [-0.39, 0.29) is 46.7 Å². The highest BCUT2D eigenvalue weighted by atomic mass is 32.2. The number of hydrogen-bond acceptors (Lipinski definition) is 6. The van der Waals surface area contributed by atoms with Crippen LogP contribution < -0.4 is 0 Å². The molecule has 0 N–H and O–H groups in total. The Morgan fingerprint density at radius 2 is 1.67 bits per heavy atom. The van der Waals surface area contributed by atoms with Crippen molar-refractivity contribution in [2.24, 2.45) is 0 Å². The Morgan fingerprint density at radius 1 is 1.03 bits per heavy atom. The van der Waals surface area contributed by atoms with Crippen molar-refractivity contribution in [2.75, 3.05) is 30.1 Å². The molecule has 1 amide bonds. The lowest BCUT2D eigenvalue weighted by atomic mass is 10.1. The van der Waals surface area contributed by atoms with E-state index in [1.54, 1.807) is 17.8 Å². The lowest BCUT2D eigenvalue weighted by molar-refractivity contribution is 0.0740. The number of sulfone groups is 2. The van der Waals surface area contributed by atoms with Gasteiger partial charge in [0.25, 0.3) is 5.91 Å². The maximum atomic E-state index is 13.1. The Labute approximate surface area is 176 Å². The summed E-state index contributed by atoms with van der Waals surface area (Å²) in [6, 6.07) is 8.73. The third-order valence-corrected chi connectivity index (χ3v) is 9.43. The Balaban J connectivity index is 1.70. The normalized spacial score (nSPS) is 24.7. The molecule has 3 heterocycles. The summed E-state index contributed by atoms with van der Waals surface area (Å²) in [5, 5.41) is 4.50. The average molecular weight is 452 g/mol. The third kappa shape index (κ3) is 4.15. The first-order valence-corrected chi connectivity index (χ1v) is 13.5. The minimum absolute atomic E-state index is 0.00210. The molecule has 30 heavy (non-hydrogen) atoms. The third-order valence-electron chi connectivity index (χ3n) is 5.93. The highest BCUT2D eigenvalue weighted by Gasteiger charge is 2.35. The van der Waals surface area contributed by atoms with Gasteiger partial charge < -0.3 is 4.90 Å². The molecule has 0 unspecified atom stereocenters. The van der Waals surface area contributed by atoms with Gasteiger partial charge in [-0.3, -0.25) is 9.48 Å². The van der Waals surface area contributed by atoms with E-state index in [1.807, 2.05) is 31.2 Å². The standard InChI is InChI=1S/C20H25N3O5S2/c1-14-3-5-15(6-4-14)19-11-18(21-23(19)17-8-10-30(27,28)13-17)20(24)22(2)16-7-9-29(25,26)12-16/h3-6,11,16-17H,7-10,12-13H2,1-2H3/t16-,17-/m1/s1. The summed E-state index contributed by atoms with van der Waals surface area (Å²) in [4.78, 5) is 14.5. The molecular formula is C20H25N3O5S2. The van der Waals surface area contributed by atoms with Gasteiger partial charge in [0.2, 0.25) is 0 Å². The smallest absolute Gasteiger partial charge is 0.274 e. The van der Waals surface area contributed by atoms with Gasteiger partial charge in [-0.2, -0.15) is 5.10 Å².